The molecule has 0 aromatic carbocycles. The van der Waals surface area contributed by atoms with Crippen LogP contribution >= 0.6 is 7.82 Å². The van der Waals surface area contributed by atoms with Crippen LogP contribution in [0.15, 0.2) is 48.6 Å². The van der Waals surface area contributed by atoms with Gasteiger partial charge in [0.1, 0.15) is 19.3 Å². The summed E-state index contributed by atoms with van der Waals surface area (Å²) in [7, 11) is 1.51. The molecule has 2 N–H and O–H groups in total. The fourth-order valence-corrected chi connectivity index (χ4v) is 11.9. The van der Waals surface area contributed by atoms with E-state index in [1.807, 2.05) is 33.3 Å². The van der Waals surface area contributed by atoms with Crippen molar-refractivity contribution in [1.29, 1.82) is 0 Å². The van der Waals surface area contributed by atoms with Crippen molar-refractivity contribution in [2.24, 2.45) is 0 Å². The van der Waals surface area contributed by atoms with Crippen LogP contribution in [-0.2, 0) is 27.9 Å². The molecule has 9 nitrogen and oxygen atoms in total. The molecule has 0 aliphatic rings. The summed E-state index contributed by atoms with van der Waals surface area (Å²) in [5.74, 6) is -0.487. The molecule has 10 heteroatoms. The summed E-state index contributed by atoms with van der Waals surface area (Å²) in [6, 6.07) is -0.847. The number of nitrogens with one attached hydrogen (secondary N) is 1. The largest absolute Gasteiger partial charge is 0.472 e. The lowest BCUT2D eigenvalue weighted by molar-refractivity contribution is -0.870. The van der Waals surface area contributed by atoms with Crippen molar-refractivity contribution >= 4 is 19.7 Å². The van der Waals surface area contributed by atoms with E-state index in [0.717, 1.165) is 64.2 Å². The first-order valence-electron chi connectivity index (χ1n) is 37.5. The highest BCUT2D eigenvalue weighted by atomic mass is 31.2. The first-order chi connectivity index (χ1) is 41.9. The van der Waals surface area contributed by atoms with Gasteiger partial charge in [-0.15, -0.1) is 0 Å². The summed E-state index contributed by atoms with van der Waals surface area (Å²) >= 11 is 0. The standard InChI is InChI=1S/C76H145N2O7P/c1-7-10-13-16-19-22-25-28-30-32-34-36-37-38-39-40-41-43-45-47-49-51-54-57-60-63-66-69-76(80)85-74(67-64-61-58-55-52-27-24-21-18-15-12-9-3)73(72-84-86(81,82)83-71-70-78(4,5)6)77-75(79)68-65-62-59-56-53-50-48-46-44-42-35-33-31-29-26-23-20-17-14-11-8-2/h19,22,28-31,64,67,73-74H,7-18,20-21,23-27,32-63,65-66,68-72H2,1-6H3,(H-,77,79,81,82)/p+1/b22-19-,30-28-,31-29+,67-64-. The van der Waals surface area contributed by atoms with Gasteiger partial charge in [-0.3, -0.25) is 18.6 Å². The predicted octanol–water partition coefficient (Wildman–Crippen LogP) is 24.0. The number of phosphoric acid groups is 1. The molecule has 0 rings (SSSR count). The fourth-order valence-electron chi connectivity index (χ4n) is 11.2. The van der Waals surface area contributed by atoms with Crippen molar-refractivity contribution in [2.45, 2.75) is 386 Å². The first-order valence-corrected chi connectivity index (χ1v) is 39.0. The normalized spacial score (nSPS) is 13.7. The Morgan fingerprint density at radius 2 is 0.709 bits per heavy atom. The van der Waals surface area contributed by atoms with Gasteiger partial charge in [-0.05, 0) is 89.5 Å². The van der Waals surface area contributed by atoms with Crippen LogP contribution in [0, 0.1) is 0 Å². The number of rotatable bonds is 69. The number of hydrogen-bond acceptors (Lipinski definition) is 6. The van der Waals surface area contributed by atoms with Crippen LogP contribution in [0.4, 0.5) is 0 Å². The van der Waals surface area contributed by atoms with Crippen molar-refractivity contribution in [1.82, 2.24) is 5.32 Å². The molecule has 0 fully saturated rings. The zero-order valence-corrected chi connectivity index (χ0v) is 59.0. The van der Waals surface area contributed by atoms with Crippen LogP contribution in [0.5, 0.6) is 0 Å². The Labute approximate surface area is 535 Å². The number of likely N-dealkylation sites (N-methyl/N-ethyl adjacent to an activating group) is 1. The maximum Gasteiger partial charge on any atom is 0.472 e. The molecule has 0 heterocycles. The molecule has 0 aromatic heterocycles. The van der Waals surface area contributed by atoms with Crippen molar-refractivity contribution in [3.8, 4) is 0 Å². The molecule has 0 radical (unpaired) electrons. The molecule has 0 aliphatic carbocycles. The zero-order valence-electron chi connectivity index (χ0n) is 58.1. The molecule has 0 saturated carbocycles. The lowest BCUT2D eigenvalue weighted by Gasteiger charge is -2.27. The molecular formula is C76H146N2O7P+. The second kappa shape index (κ2) is 65.9. The molecule has 0 saturated heterocycles. The van der Waals surface area contributed by atoms with E-state index in [4.69, 9.17) is 13.8 Å². The highest BCUT2D eigenvalue weighted by Crippen LogP contribution is 2.43. The van der Waals surface area contributed by atoms with Crippen molar-refractivity contribution < 1.29 is 37.3 Å². The quantitative estimate of drug-likeness (QED) is 0.0205. The van der Waals surface area contributed by atoms with Crippen LogP contribution in [-0.4, -0.2) is 74.3 Å². The van der Waals surface area contributed by atoms with Gasteiger partial charge in [0.05, 0.1) is 33.8 Å². The molecule has 1 amide bonds. The lowest BCUT2D eigenvalue weighted by Crippen LogP contribution is -2.47. The second-order valence-electron chi connectivity index (χ2n) is 26.8. The molecule has 0 spiro atoms. The summed E-state index contributed by atoms with van der Waals surface area (Å²) < 4.78 is 30.9. The monoisotopic (exact) mass is 1230 g/mol. The highest BCUT2D eigenvalue weighted by molar-refractivity contribution is 7.47. The minimum Gasteiger partial charge on any atom is -0.456 e. The summed E-state index contributed by atoms with van der Waals surface area (Å²) in [5.41, 5.74) is 0. The molecule has 0 aliphatic heterocycles. The average Bonchev–Trinajstić information content (AvgIpc) is 3.65. The minimum atomic E-state index is -4.45. The minimum absolute atomic E-state index is 0.0422. The van der Waals surface area contributed by atoms with Gasteiger partial charge in [-0.25, -0.2) is 4.57 Å². The second-order valence-corrected chi connectivity index (χ2v) is 28.3. The van der Waals surface area contributed by atoms with Crippen molar-refractivity contribution in [2.75, 3.05) is 40.9 Å². The Hall–Kier alpha value is -2.03. The van der Waals surface area contributed by atoms with E-state index in [9.17, 15) is 19.0 Å². The number of amides is 1. The predicted molar refractivity (Wildman–Crippen MR) is 374 cm³/mol. The number of nitrogens with zero attached hydrogens (tertiary/aromatic N) is 1. The van der Waals surface area contributed by atoms with Gasteiger partial charge in [-0.2, -0.15) is 0 Å². The highest BCUT2D eigenvalue weighted by Gasteiger charge is 2.30. The SMILES string of the molecule is CCCCC/C=C\C/C=C\CCCCCCCCCCCCCCCCCCCC(=O)OC(/C=C\CCCCCCCCCCCC)C(COP(=O)(O)OCC[N+](C)(C)C)NC(=O)CCCCCCCCCCCCC/C=C/CCCCCCCC. The van der Waals surface area contributed by atoms with E-state index < -0.39 is 20.0 Å². The third kappa shape index (κ3) is 66.4. The van der Waals surface area contributed by atoms with Crippen LogP contribution in [0.2, 0.25) is 0 Å². The number of esters is 1. The number of quaternary nitrogens is 1. The molecule has 3 unspecified atom stereocenters. The molecular weight excluding hydrogens is 1080 g/mol. The van der Waals surface area contributed by atoms with Crippen LogP contribution in [0.25, 0.3) is 0 Å². The van der Waals surface area contributed by atoms with Crippen LogP contribution in [0.1, 0.15) is 374 Å². The number of phosphoric ester groups is 1. The number of carbonyl (C=O) groups is 2. The van der Waals surface area contributed by atoms with Gasteiger partial charge in [0.15, 0.2) is 0 Å². The smallest absolute Gasteiger partial charge is 0.456 e. The molecule has 3 atom stereocenters. The summed E-state index contributed by atoms with van der Waals surface area (Å²) in [5, 5.41) is 3.08. The number of unbranched alkanes of at least 4 members (excludes halogenated alkanes) is 47. The number of hydrogen-bond donors (Lipinski definition) is 2. The van der Waals surface area contributed by atoms with Gasteiger partial charge in [0.25, 0.3) is 0 Å². The van der Waals surface area contributed by atoms with Crippen molar-refractivity contribution in [3.05, 3.63) is 48.6 Å². The van der Waals surface area contributed by atoms with Gasteiger partial charge < -0.3 is 19.4 Å². The van der Waals surface area contributed by atoms with Crippen LogP contribution < -0.4 is 5.32 Å². The molecule has 506 valence electrons. The van der Waals surface area contributed by atoms with Crippen LogP contribution in [0.3, 0.4) is 0 Å². The van der Waals surface area contributed by atoms with Crippen molar-refractivity contribution in [3.63, 3.8) is 0 Å². The number of carbonyl (C=O) groups excluding carboxylic acids is 2. The van der Waals surface area contributed by atoms with E-state index in [1.54, 1.807) is 0 Å². The molecule has 0 aromatic rings. The van der Waals surface area contributed by atoms with Gasteiger partial charge in [0, 0.05) is 12.8 Å². The topological polar surface area (TPSA) is 111 Å². The maximum atomic E-state index is 13.6. The Morgan fingerprint density at radius 1 is 0.407 bits per heavy atom. The first kappa shape index (κ1) is 84.0. The van der Waals surface area contributed by atoms with E-state index in [-0.39, 0.29) is 25.1 Å². The summed E-state index contributed by atoms with van der Waals surface area (Å²) in [4.78, 5) is 38.0. The third-order valence-corrected chi connectivity index (χ3v) is 18.0. The average molecular weight is 1230 g/mol. The Balaban J connectivity index is 4.96. The lowest BCUT2D eigenvalue weighted by atomic mass is 10.0. The molecule has 0 bridgehead atoms. The van der Waals surface area contributed by atoms with Gasteiger partial charge in [-0.1, -0.05) is 320 Å². The van der Waals surface area contributed by atoms with E-state index in [0.29, 0.717) is 23.9 Å². The summed E-state index contributed by atoms with van der Waals surface area (Å²) in [6.07, 6.45) is 84.2. The maximum absolute atomic E-state index is 13.6. The van der Waals surface area contributed by atoms with Gasteiger partial charge >= 0.3 is 13.8 Å². The Bertz CT molecular complexity index is 1610. The fraction of sp³-hybridized carbons (Fsp3) is 0.868. The summed E-state index contributed by atoms with van der Waals surface area (Å²) in [6.45, 7) is 7.04. The number of ether oxygens (including phenoxy) is 1. The Kier molecular flexibility index (Phi) is 64.4. The van der Waals surface area contributed by atoms with E-state index in [2.05, 4.69) is 62.5 Å². The van der Waals surface area contributed by atoms with E-state index >= 15 is 0 Å². The van der Waals surface area contributed by atoms with Gasteiger partial charge in [0.2, 0.25) is 5.91 Å². The zero-order chi connectivity index (χ0) is 62.8. The molecule has 86 heavy (non-hydrogen) atoms. The Morgan fingerprint density at radius 3 is 1.08 bits per heavy atom. The number of allylic oxidation sites excluding steroid dienone is 7. The van der Waals surface area contributed by atoms with E-state index in [1.165, 1.54) is 276 Å². The third-order valence-electron chi connectivity index (χ3n) is 17.0.